The molecule has 2 atom stereocenters. The number of phosphoric acid groups is 1. The predicted molar refractivity (Wildman–Crippen MR) is 319 cm³/mol. The van der Waals surface area contributed by atoms with Crippen LogP contribution in [-0.4, -0.2) is 70.0 Å². The van der Waals surface area contributed by atoms with Crippen LogP contribution in [0.15, 0.2) is 48.6 Å². The Morgan fingerprint density at radius 2 is 0.760 bits per heavy atom. The molecule has 0 aromatic heterocycles. The number of rotatable bonds is 59. The minimum absolute atomic E-state index is 0.0289. The van der Waals surface area contributed by atoms with Gasteiger partial charge in [0.05, 0.1) is 27.7 Å². The zero-order valence-electron chi connectivity index (χ0n) is 50.0. The molecule has 0 radical (unpaired) electrons. The van der Waals surface area contributed by atoms with Crippen LogP contribution >= 0.6 is 7.82 Å². The Balaban J connectivity index is 4.06. The molecular formula is C65H122NO8P. The quantitative estimate of drug-likeness (QED) is 0.0195. The van der Waals surface area contributed by atoms with E-state index >= 15 is 0 Å². The van der Waals surface area contributed by atoms with Crippen LogP contribution in [0, 0.1) is 0 Å². The lowest BCUT2D eigenvalue weighted by Gasteiger charge is -2.28. The lowest BCUT2D eigenvalue weighted by molar-refractivity contribution is -0.870. The topological polar surface area (TPSA) is 111 Å². The van der Waals surface area contributed by atoms with E-state index in [1.807, 2.05) is 21.1 Å². The molecule has 0 heterocycles. The molecule has 0 saturated carbocycles. The zero-order chi connectivity index (χ0) is 54.9. The van der Waals surface area contributed by atoms with Gasteiger partial charge in [0.2, 0.25) is 0 Å². The van der Waals surface area contributed by atoms with Crippen LogP contribution in [0.4, 0.5) is 0 Å². The second kappa shape index (κ2) is 56.7. The van der Waals surface area contributed by atoms with Crippen molar-refractivity contribution in [3.05, 3.63) is 48.6 Å². The van der Waals surface area contributed by atoms with Crippen molar-refractivity contribution in [1.82, 2.24) is 0 Å². The molecule has 0 aromatic rings. The number of nitrogens with zero attached hydrogens (tertiary/aromatic N) is 1. The maximum absolute atomic E-state index is 12.8. The summed E-state index contributed by atoms with van der Waals surface area (Å²) >= 11 is 0. The summed E-state index contributed by atoms with van der Waals surface area (Å²) in [5.74, 6) is -0.816. The van der Waals surface area contributed by atoms with Crippen LogP contribution in [0.5, 0.6) is 0 Å². The van der Waals surface area contributed by atoms with Crippen LogP contribution in [0.2, 0.25) is 0 Å². The van der Waals surface area contributed by atoms with Crippen LogP contribution in [-0.2, 0) is 32.7 Å². The number of carbonyl (C=O) groups excluding carboxylic acids is 2. The highest BCUT2D eigenvalue weighted by Gasteiger charge is 2.22. The number of phosphoric ester groups is 1. The third-order valence-corrected chi connectivity index (χ3v) is 15.1. The summed E-state index contributed by atoms with van der Waals surface area (Å²) in [4.78, 5) is 38.0. The lowest BCUT2D eigenvalue weighted by atomic mass is 10.0. The molecule has 0 spiro atoms. The highest BCUT2D eigenvalue weighted by Crippen LogP contribution is 2.38. The Bertz CT molecular complexity index is 1410. The Kier molecular flexibility index (Phi) is 55.1. The molecule has 75 heavy (non-hydrogen) atoms. The van der Waals surface area contributed by atoms with E-state index in [-0.39, 0.29) is 32.0 Å². The molecule has 0 aliphatic carbocycles. The molecule has 2 unspecified atom stereocenters. The van der Waals surface area contributed by atoms with Gasteiger partial charge < -0.3 is 27.9 Å². The molecule has 0 saturated heterocycles. The van der Waals surface area contributed by atoms with Crippen molar-refractivity contribution in [2.75, 3.05) is 47.5 Å². The van der Waals surface area contributed by atoms with E-state index in [9.17, 15) is 19.0 Å². The third-order valence-electron chi connectivity index (χ3n) is 14.1. The van der Waals surface area contributed by atoms with Crippen LogP contribution in [0.3, 0.4) is 0 Å². The highest BCUT2D eigenvalue weighted by molar-refractivity contribution is 7.45. The van der Waals surface area contributed by atoms with Crippen molar-refractivity contribution in [3.63, 3.8) is 0 Å². The third kappa shape index (κ3) is 61.1. The molecule has 0 amide bonds. The number of hydrogen-bond acceptors (Lipinski definition) is 8. The summed E-state index contributed by atoms with van der Waals surface area (Å²) in [6.07, 6.45) is 71.7. The van der Waals surface area contributed by atoms with Crippen molar-refractivity contribution in [1.29, 1.82) is 0 Å². The minimum Gasteiger partial charge on any atom is -0.756 e. The summed E-state index contributed by atoms with van der Waals surface area (Å²) in [6.45, 7) is 4.18. The standard InChI is InChI=1S/C65H122NO8P/c1-6-8-10-12-14-16-18-20-22-24-26-28-30-31-32-33-34-35-36-38-40-42-44-46-48-50-52-54-56-58-65(68)74-63(62-73-75(69,70)72-60-59-66(3,4)5)61-71-64(67)57-55-53-51-49-47-45-43-41-39-37-29-27-25-23-21-19-17-15-13-11-9-7-2/h8,10,14,16,20,22,26,28,63H,6-7,9,11-13,15,17-19,21,23-25,27,29-62H2,1-5H3/b10-8-,16-14-,22-20-,28-26-. The SMILES string of the molecule is CC/C=C\C/C=C\C/C=C\C/C=C\CCCCCCCCCCCCCCCCCCC(=O)OC(COC(=O)CCCCCCCCCCCCCCCCCCCCCCCC)COP(=O)([O-])OCC[N+](C)(C)C. The molecule has 10 heteroatoms. The van der Waals surface area contributed by atoms with Crippen molar-refractivity contribution >= 4 is 19.8 Å². The van der Waals surface area contributed by atoms with Crippen molar-refractivity contribution in [2.45, 2.75) is 309 Å². The minimum atomic E-state index is -4.64. The Hall–Kier alpha value is -2.03. The lowest BCUT2D eigenvalue weighted by Crippen LogP contribution is -2.37. The number of esters is 2. The Morgan fingerprint density at radius 3 is 1.13 bits per heavy atom. The van der Waals surface area contributed by atoms with Gasteiger partial charge in [0.25, 0.3) is 7.82 Å². The second-order valence-electron chi connectivity index (χ2n) is 22.8. The first-order valence-electron chi connectivity index (χ1n) is 31.8. The average molecular weight is 1080 g/mol. The summed E-state index contributed by atoms with van der Waals surface area (Å²) in [5, 5.41) is 0. The van der Waals surface area contributed by atoms with E-state index in [0.29, 0.717) is 17.4 Å². The first kappa shape index (κ1) is 73.0. The van der Waals surface area contributed by atoms with Gasteiger partial charge in [0, 0.05) is 12.8 Å². The molecular weight excluding hydrogens is 954 g/mol. The fourth-order valence-electron chi connectivity index (χ4n) is 9.24. The van der Waals surface area contributed by atoms with E-state index in [2.05, 4.69) is 62.5 Å². The van der Waals surface area contributed by atoms with Gasteiger partial charge in [-0.05, 0) is 51.4 Å². The fourth-order valence-corrected chi connectivity index (χ4v) is 9.97. The predicted octanol–water partition coefficient (Wildman–Crippen LogP) is 19.5. The number of allylic oxidation sites excluding steroid dienone is 8. The molecule has 0 bridgehead atoms. The van der Waals surface area contributed by atoms with Crippen molar-refractivity contribution in [3.8, 4) is 0 Å². The molecule has 0 aliphatic heterocycles. The van der Waals surface area contributed by atoms with Crippen molar-refractivity contribution in [2.24, 2.45) is 0 Å². The zero-order valence-corrected chi connectivity index (χ0v) is 50.9. The summed E-state index contributed by atoms with van der Waals surface area (Å²) in [7, 11) is 1.18. The Labute approximate surface area is 464 Å². The summed E-state index contributed by atoms with van der Waals surface area (Å²) in [5.41, 5.74) is 0. The molecule has 0 aliphatic rings. The smallest absolute Gasteiger partial charge is 0.306 e. The number of unbranched alkanes of at least 4 members (excludes halogenated alkanes) is 37. The van der Waals surface area contributed by atoms with Gasteiger partial charge in [0.1, 0.15) is 19.8 Å². The van der Waals surface area contributed by atoms with Gasteiger partial charge >= 0.3 is 11.9 Å². The van der Waals surface area contributed by atoms with Gasteiger partial charge in [-0.15, -0.1) is 0 Å². The van der Waals surface area contributed by atoms with Crippen LogP contribution in [0.1, 0.15) is 303 Å². The van der Waals surface area contributed by atoms with Crippen molar-refractivity contribution < 1.29 is 42.1 Å². The van der Waals surface area contributed by atoms with E-state index in [1.54, 1.807) is 0 Å². The molecule has 0 N–H and O–H groups in total. The summed E-state index contributed by atoms with van der Waals surface area (Å²) < 4.78 is 34.3. The number of carbonyl (C=O) groups is 2. The van der Waals surface area contributed by atoms with E-state index in [1.165, 1.54) is 205 Å². The first-order valence-corrected chi connectivity index (χ1v) is 33.3. The number of quaternary nitrogens is 1. The number of likely N-dealkylation sites (N-methyl/N-ethyl adjacent to an activating group) is 1. The summed E-state index contributed by atoms with van der Waals surface area (Å²) in [6, 6.07) is 0. The molecule has 0 fully saturated rings. The highest BCUT2D eigenvalue weighted by atomic mass is 31.2. The number of ether oxygens (including phenoxy) is 2. The van der Waals surface area contributed by atoms with Gasteiger partial charge in [-0.25, -0.2) is 0 Å². The van der Waals surface area contributed by atoms with E-state index in [4.69, 9.17) is 18.5 Å². The number of hydrogen-bond donors (Lipinski definition) is 0. The van der Waals surface area contributed by atoms with Gasteiger partial charge in [0.15, 0.2) is 6.10 Å². The maximum atomic E-state index is 12.8. The van der Waals surface area contributed by atoms with Gasteiger partial charge in [-0.1, -0.05) is 287 Å². The largest absolute Gasteiger partial charge is 0.756 e. The molecule has 9 nitrogen and oxygen atoms in total. The molecule has 440 valence electrons. The normalized spacial score (nSPS) is 13.5. The Morgan fingerprint density at radius 1 is 0.427 bits per heavy atom. The average Bonchev–Trinajstić information content (AvgIpc) is 3.37. The van der Waals surface area contributed by atoms with Crippen LogP contribution in [0.25, 0.3) is 0 Å². The maximum Gasteiger partial charge on any atom is 0.306 e. The van der Waals surface area contributed by atoms with Gasteiger partial charge in [-0.3, -0.25) is 14.2 Å². The second-order valence-corrected chi connectivity index (χ2v) is 24.2. The van der Waals surface area contributed by atoms with Gasteiger partial charge in [-0.2, -0.15) is 0 Å². The van der Waals surface area contributed by atoms with E-state index < -0.39 is 26.5 Å². The van der Waals surface area contributed by atoms with Crippen LogP contribution < -0.4 is 4.89 Å². The monoisotopic (exact) mass is 1080 g/mol. The first-order chi connectivity index (χ1) is 36.5. The fraction of sp³-hybridized carbons (Fsp3) is 0.846. The molecule has 0 aromatic carbocycles. The van der Waals surface area contributed by atoms with E-state index in [0.717, 1.165) is 64.2 Å². The molecule has 0 rings (SSSR count).